The smallest absolute Gasteiger partial charge is 0.218 e. The zero-order valence-electron chi connectivity index (χ0n) is 18.6. The number of sulfone groups is 1. The Labute approximate surface area is 198 Å². The normalized spacial score (nSPS) is 14.5. The fourth-order valence-electron chi connectivity index (χ4n) is 3.78. The average Bonchev–Trinajstić information content (AvgIpc) is 2.79. The molecule has 0 N–H and O–H groups in total. The number of ether oxygens (including phenoxy) is 2. The number of fused-ring (bicyclic) bond motifs is 1. The second kappa shape index (κ2) is 11.3. The lowest BCUT2D eigenvalue weighted by atomic mass is 9.98. The van der Waals surface area contributed by atoms with Gasteiger partial charge in [0, 0.05) is 19.6 Å². The Balaban J connectivity index is 1.43. The molecule has 180 valence electrons. The summed E-state index contributed by atoms with van der Waals surface area (Å²) in [7, 11) is -0.771. The Hall–Kier alpha value is -2.23. The number of unbranched alkanes of at least 4 members (excludes halogenated alkanes) is 2. The van der Waals surface area contributed by atoms with E-state index in [1.54, 1.807) is 14.2 Å². The number of halogens is 3. The van der Waals surface area contributed by atoms with Crippen LogP contribution in [-0.4, -0.2) is 52.7 Å². The molecule has 0 saturated carbocycles. The summed E-state index contributed by atoms with van der Waals surface area (Å²) in [5.41, 5.74) is 3.28. The highest BCUT2D eigenvalue weighted by Crippen LogP contribution is 2.33. The summed E-state index contributed by atoms with van der Waals surface area (Å²) in [6, 6.07) is 5.30. The zero-order valence-corrected chi connectivity index (χ0v) is 20.2. The molecule has 0 radical (unpaired) electrons. The van der Waals surface area contributed by atoms with E-state index in [4.69, 9.17) is 21.1 Å². The van der Waals surface area contributed by atoms with Crippen molar-refractivity contribution in [3.8, 4) is 11.5 Å². The molecule has 0 spiro atoms. The van der Waals surface area contributed by atoms with Crippen molar-refractivity contribution in [3.63, 3.8) is 0 Å². The van der Waals surface area contributed by atoms with E-state index in [0.29, 0.717) is 25.1 Å². The van der Waals surface area contributed by atoms with Gasteiger partial charge >= 0.3 is 0 Å². The molecule has 0 saturated heterocycles. The molecule has 0 unspecified atom stereocenters. The van der Waals surface area contributed by atoms with Crippen molar-refractivity contribution in [3.05, 3.63) is 52.0 Å². The van der Waals surface area contributed by atoms with Gasteiger partial charge in [0.2, 0.25) is 9.84 Å². The summed E-state index contributed by atoms with van der Waals surface area (Å²) < 4.78 is 61.8. The predicted molar refractivity (Wildman–Crippen MR) is 124 cm³/mol. The van der Waals surface area contributed by atoms with E-state index in [-0.39, 0.29) is 5.02 Å². The molecule has 0 aromatic heterocycles. The molecule has 6 nitrogen and oxygen atoms in total. The summed E-state index contributed by atoms with van der Waals surface area (Å²) in [5, 5.41) is -0.375. The van der Waals surface area contributed by atoms with Gasteiger partial charge < -0.3 is 9.47 Å². The summed E-state index contributed by atoms with van der Waals surface area (Å²) in [5.74, 6) is -0.995. The number of hydrogen-bond donors (Lipinski definition) is 0. The number of nitrogens with zero attached hydrogens (tertiary/aromatic N) is 2. The molecule has 0 atom stereocenters. The maximum atomic E-state index is 13.4. The lowest BCUT2D eigenvalue weighted by Crippen LogP contribution is -2.31. The predicted octanol–water partition coefficient (Wildman–Crippen LogP) is 4.67. The van der Waals surface area contributed by atoms with E-state index in [1.807, 2.05) is 12.1 Å². The molecule has 3 rings (SSSR count). The highest BCUT2D eigenvalue weighted by molar-refractivity contribution is 8.04. The first-order valence-corrected chi connectivity index (χ1v) is 12.5. The maximum Gasteiger partial charge on any atom is 0.218 e. The first kappa shape index (κ1) is 25.4. The standard InChI is InChI=1S/C23H27ClF2N2O4S/c1-31-21-10-16-6-9-28(14-17(16)11-22(21)32-2)8-5-3-4-7-27-15-33(29,30)23-13-20(26)19(25)12-18(23)24/h10-13,15H,3-9,14H2,1-2H3. The number of rotatable bonds is 10. The van der Waals surface area contributed by atoms with Gasteiger partial charge in [-0.3, -0.25) is 9.89 Å². The van der Waals surface area contributed by atoms with Crippen LogP contribution in [0.1, 0.15) is 30.4 Å². The highest BCUT2D eigenvalue weighted by atomic mass is 35.5. The van der Waals surface area contributed by atoms with Crippen molar-refractivity contribution in [2.24, 2.45) is 4.99 Å². The molecular weight excluding hydrogens is 474 g/mol. The number of hydrogen-bond acceptors (Lipinski definition) is 6. The third kappa shape index (κ3) is 6.43. The van der Waals surface area contributed by atoms with Gasteiger partial charge in [-0.05, 0) is 61.2 Å². The first-order valence-electron chi connectivity index (χ1n) is 10.6. The molecule has 1 aliphatic heterocycles. The number of aliphatic imine (C=N–C) groups is 1. The molecule has 10 heteroatoms. The Morgan fingerprint density at radius 1 is 1.03 bits per heavy atom. The largest absolute Gasteiger partial charge is 0.493 e. The van der Waals surface area contributed by atoms with Gasteiger partial charge in [-0.2, -0.15) is 0 Å². The van der Waals surface area contributed by atoms with Gasteiger partial charge in [0.05, 0.1) is 24.1 Å². The van der Waals surface area contributed by atoms with Gasteiger partial charge in [0.15, 0.2) is 23.1 Å². The lowest BCUT2D eigenvalue weighted by molar-refractivity contribution is 0.247. The molecule has 1 heterocycles. The molecule has 0 fully saturated rings. The van der Waals surface area contributed by atoms with Gasteiger partial charge in [-0.25, -0.2) is 17.2 Å². The van der Waals surface area contributed by atoms with Gasteiger partial charge in [0.1, 0.15) is 5.55 Å². The summed E-state index contributed by atoms with van der Waals surface area (Å²) >= 11 is 5.74. The molecule has 33 heavy (non-hydrogen) atoms. The average molecular weight is 501 g/mol. The Kier molecular flexibility index (Phi) is 8.67. The van der Waals surface area contributed by atoms with Crippen molar-refractivity contribution in [1.82, 2.24) is 4.90 Å². The summed E-state index contributed by atoms with van der Waals surface area (Å²) in [4.78, 5) is 5.82. The topological polar surface area (TPSA) is 68.2 Å². The van der Waals surface area contributed by atoms with Crippen molar-refractivity contribution in [2.75, 3.05) is 33.9 Å². The minimum Gasteiger partial charge on any atom is -0.493 e. The van der Waals surface area contributed by atoms with Crippen LogP contribution in [0.3, 0.4) is 0 Å². The monoisotopic (exact) mass is 500 g/mol. The SMILES string of the molecule is COc1cc2c(cc1OC)CN(CCCCCN=CS(=O)(=O)c1cc(F)c(F)cc1Cl)CC2. The van der Waals surface area contributed by atoms with Crippen LogP contribution < -0.4 is 9.47 Å². The van der Waals surface area contributed by atoms with Crippen molar-refractivity contribution in [2.45, 2.75) is 37.1 Å². The van der Waals surface area contributed by atoms with Gasteiger partial charge in [0.25, 0.3) is 0 Å². The quantitative estimate of drug-likeness (QED) is 0.156. The van der Waals surface area contributed by atoms with Gasteiger partial charge in [-0.15, -0.1) is 0 Å². The maximum absolute atomic E-state index is 13.4. The Bertz CT molecular complexity index is 1130. The van der Waals surface area contributed by atoms with Crippen LogP contribution in [0.15, 0.2) is 34.2 Å². The van der Waals surface area contributed by atoms with Crippen LogP contribution in [-0.2, 0) is 22.8 Å². The summed E-state index contributed by atoms with van der Waals surface area (Å²) in [6.07, 6.45) is 3.51. The number of benzene rings is 2. The Morgan fingerprint density at radius 3 is 2.39 bits per heavy atom. The van der Waals surface area contributed by atoms with Crippen molar-refractivity contribution < 1.29 is 26.7 Å². The highest BCUT2D eigenvalue weighted by Gasteiger charge is 2.20. The molecule has 0 aliphatic carbocycles. The first-order chi connectivity index (χ1) is 15.7. The third-order valence-corrected chi connectivity index (χ3v) is 7.36. The van der Waals surface area contributed by atoms with Crippen LogP contribution in [0.2, 0.25) is 5.02 Å². The lowest BCUT2D eigenvalue weighted by Gasteiger charge is -2.29. The van der Waals surface area contributed by atoms with E-state index in [2.05, 4.69) is 9.89 Å². The van der Waals surface area contributed by atoms with E-state index >= 15 is 0 Å². The fourth-order valence-corrected chi connectivity index (χ4v) is 5.26. The number of methoxy groups -OCH3 is 2. The Morgan fingerprint density at radius 2 is 1.70 bits per heavy atom. The van der Waals surface area contributed by atoms with E-state index < -0.39 is 26.4 Å². The zero-order chi connectivity index (χ0) is 24.0. The van der Waals surface area contributed by atoms with E-state index in [0.717, 1.165) is 55.9 Å². The van der Waals surface area contributed by atoms with Crippen LogP contribution >= 0.6 is 11.6 Å². The second-order valence-electron chi connectivity index (χ2n) is 7.82. The van der Waals surface area contributed by atoms with Crippen LogP contribution in [0.5, 0.6) is 11.5 Å². The molecule has 0 bridgehead atoms. The molecule has 2 aromatic rings. The molecular formula is C23H27ClF2N2O4S. The molecule has 2 aromatic carbocycles. The fraction of sp³-hybridized carbons (Fsp3) is 0.435. The minimum absolute atomic E-state index is 0.320. The van der Waals surface area contributed by atoms with Crippen LogP contribution in [0.25, 0.3) is 0 Å². The van der Waals surface area contributed by atoms with Crippen molar-refractivity contribution in [1.29, 1.82) is 0 Å². The van der Waals surface area contributed by atoms with Gasteiger partial charge in [-0.1, -0.05) is 18.0 Å². The van der Waals surface area contributed by atoms with Crippen molar-refractivity contribution >= 4 is 27.0 Å². The summed E-state index contributed by atoms with van der Waals surface area (Å²) in [6.45, 7) is 3.07. The van der Waals surface area contributed by atoms with Crippen LogP contribution in [0.4, 0.5) is 8.78 Å². The van der Waals surface area contributed by atoms with Crippen LogP contribution in [0, 0.1) is 11.6 Å². The minimum atomic E-state index is -4.04. The third-order valence-electron chi connectivity index (χ3n) is 5.55. The molecule has 1 aliphatic rings. The second-order valence-corrected chi connectivity index (χ2v) is 9.96. The van der Waals surface area contributed by atoms with E-state index in [9.17, 15) is 17.2 Å². The molecule has 0 amide bonds. The van der Waals surface area contributed by atoms with E-state index in [1.165, 1.54) is 11.1 Å².